The monoisotopic (exact) mass is 532 g/mol. The molecule has 2 unspecified atom stereocenters. The topological polar surface area (TPSA) is 154 Å². The van der Waals surface area contributed by atoms with Gasteiger partial charge in [-0.1, -0.05) is 38.2 Å². The zero-order chi connectivity index (χ0) is 28.1. The number of rotatable bonds is 11. The number of hydrogen-bond acceptors (Lipinski definition) is 8. The molecule has 2 N–H and O–H groups in total. The van der Waals surface area contributed by atoms with Crippen LogP contribution in [0.15, 0.2) is 36.0 Å². The van der Waals surface area contributed by atoms with E-state index in [4.69, 9.17) is 24.4 Å². The largest absolute Gasteiger partial charge is 0.481 e. The van der Waals surface area contributed by atoms with Crippen molar-refractivity contribution < 1.29 is 48.4 Å². The average Bonchev–Trinajstić information content (AvgIpc) is 3.26. The van der Waals surface area contributed by atoms with Gasteiger partial charge in [-0.05, 0) is 43.1 Å². The molecule has 0 aromatic carbocycles. The first kappa shape index (κ1) is 29.1. The third kappa shape index (κ3) is 6.52. The summed E-state index contributed by atoms with van der Waals surface area (Å²) in [6, 6.07) is 0. The van der Waals surface area contributed by atoms with E-state index < -0.39 is 35.4 Å². The number of carboxylic acids is 2. The Morgan fingerprint density at radius 1 is 1.08 bits per heavy atom. The number of carbonyl (C=O) groups excluding carboxylic acids is 3. The molecule has 2 aliphatic carbocycles. The Kier molecular flexibility index (Phi) is 9.17. The van der Waals surface area contributed by atoms with E-state index in [0.717, 1.165) is 5.57 Å². The second-order valence-corrected chi connectivity index (χ2v) is 10.8. The average molecular weight is 533 g/mol. The summed E-state index contributed by atoms with van der Waals surface area (Å²) in [5.41, 5.74) is 0.328. The molecule has 0 saturated heterocycles. The van der Waals surface area contributed by atoms with E-state index in [0.29, 0.717) is 31.3 Å². The molecule has 208 valence electrons. The molecule has 5 atom stereocenters. The standard InChI is InChI=1S/C28H36O10/c1-17-4-7-20-27(2,19(17)6-5-18-13-15-36-26(18)35)14-12-21(38-25(34)11-9-23(31)32)28(20,3)16-37-24(33)10-8-22(29)30/h5-6,13,19-21H,1,4,7-12,14-16H2,2-3H3,(H,29,30)(H,31,32)/b6-5+/t19?,20?,21-,27+,28+/m1/s1. The molecule has 2 saturated carbocycles. The quantitative estimate of drug-likeness (QED) is 0.229. The third-order valence-corrected chi connectivity index (χ3v) is 8.30. The molecule has 3 aliphatic rings. The van der Waals surface area contributed by atoms with Crippen molar-refractivity contribution in [2.75, 3.05) is 13.2 Å². The Hall–Kier alpha value is -3.43. The molecule has 0 amide bonds. The van der Waals surface area contributed by atoms with E-state index in [-0.39, 0.29) is 62.1 Å². The maximum atomic E-state index is 12.5. The van der Waals surface area contributed by atoms with Crippen LogP contribution >= 0.6 is 0 Å². The van der Waals surface area contributed by atoms with Gasteiger partial charge in [-0.15, -0.1) is 0 Å². The summed E-state index contributed by atoms with van der Waals surface area (Å²) in [5.74, 6) is -4.05. The first-order chi connectivity index (χ1) is 17.9. The molecule has 2 fully saturated rings. The van der Waals surface area contributed by atoms with Gasteiger partial charge in [0.15, 0.2) is 0 Å². The van der Waals surface area contributed by atoms with Gasteiger partial charge in [0.1, 0.15) is 19.3 Å². The minimum atomic E-state index is -1.11. The summed E-state index contributed by atoms with van der Waals surface area (Å²) in [7, 11) is 0. The lowest BCUT2D eigenvalue weighted by molar-refractivity contribution is -0.192. The van der Waals surface area contributed by atoms with Crippen LogP contribution in [0.4, 0.5) is 0 Å². The van der Waals surface area contributed by atoms with Crippen molar-refractivity contribution in [1.29, 1.82) is 0 Å². The predicted molar refractivity (Wildman–Crippen MR) is 134 cm³/mol. The molecule has 0 spiro atoms. The van der Waals surface area contributed by atoms with Crippen molar-refractivity contribution in [2.45, 2.75) is 71.3 Å². The van der Waals surface area contributed by atoms with Crippen molar-refractivity contribution in [3.05, 3.63) is 36.0 Å². The van der Waals surface area contributed by atoms with E-state index in [2.05, 4.69) is 13.5 Å². The number of fused-ring (bicyclic) bond motifs is 1. The Balaban J connectivity index is 1.88. The summed E-state index contributed by atoms with van der Waals surface area (Å²) in [6.07, 6.45) is 6.10. The highest BCUT2D eigenvalue weighted by molar-refractivity contribution is 5.93. The van der Waals surface area contributed by atoms with E-state index in [1.165, 1.54) is 0 Å². The zero-order valence-corrected chi connectivity index (χ0v) is 21.9. The highest BCUT2D eigenvalue weighted by atomic mass is 16.6. The molecule has 1 aliphatic heterocycles. The summed E-state index contributed by atoms with van der Waals surface area (Å²) >= 11 is 0. The normalized spacial score (nSPS) is 30.8. The van der Waals surface area contributed by atoms with Gasteiger partial charge in [-0.3, -0.25) is 19.2 Å². The van der Waals surface area contributed by atoms with E-state index in [1.807, 2.05) is 13.0 Å². The van der Waals surface area contributed by atoms with Crippen LogP contribution in [0, 0.1) is 22.7 Å². The fraction of sp³-hybridized carbons (Fsp3) is 0.607. The van der Waals surface area contributed by atoms with Crippen LogP contribution in [0.1, 0.15) is 65.2 Å². The van der Waals surface area contributed by atoms with Crippen LogP contribution in [0.3, 0.4) is 0 Å². The predicted octanol–water partition coefficient (Wildman–Crippen LogP) is 3.60. The van der Waals surface area contributed by atoms with Crippen LogP contribution in [0.25, 0.3) is 0 Å². The van der Waals surface area contributed by atoms with Crippen LogP contribution in [0.2, 0.25) is 0 Å². The lowest BCUT2D eigenvalue weighted by atomic mass is 9.46. The van der Waals surface area contributed by atoms with Crippen LogP contribution in [-0.2, 0) is 38.2 Å². The number of esters is 3. The molecule has 0 bridgehead atoms. The Morgan fingerprint density at radius 3 is 2.34 bits per heavy atom. The lowest BCUT2D eigenvalue weighted by Crippen LogP contribution is -2.58. The smallest absolute Gasteiger partial charge is 0.338 e. The molecule has 10 heteroatoms. The van der Waals surface area contributed by atoms with Gasteiger partial charge < -0.3 is 24.4 Å². The number of carboxylic acid groups (broad SMARTS) is 2. The van der Waals surface area contributed by atoms with E-state index >= 15 is 0 Å². The van der Waals surface area contributed by atoms with Crippen molar-refractivity contribution in [2.24, 2.45) is 22.7 Å². The highest BCUT2D eigenvalue weighted by Gasteiger charge is 2.59. The number of aliphatic carboxylic acids is 2. The second kappa shape index (κ2) is 12.0. The maximum Gasteiger partial charge on any atom is 0.338 e. The summed E-state index contributed by atoms with van der Waals surface area (Å²) in [6.45, 7) is 8.49. The molecular weight excluding hydrogens is 496 g/mol. The molecule has 10 nitrogen and oxygen atoms in total. The number of hydrogen-bond donors (Lipinski definition) is 2. The first-order valence-electron chi connectivity index (χ1n) is 12.9. The maximum absolute atomic E-state index is 12.5. The molecular formula is C28H36O10. The van der Waals surface area contributed by atoms with Gasteiger partial charge in [-0.2, -0.15) is 0 Å². The SMILES string of the molecule is C=C1CCC2[C@@](C)(CC[C@@H](OC(=O)CCC(=O)O)[C@@]2(C)COC(=O)CCC(=O)O)C1/C=C/C1=CCOC1=O. The van der Waals surface area contributed by atoms with Crippen molar-refractivity contribution >= 4 is 29.8 Å². The number of ether oxygens (including phenoxy) is 3. The van der Waals surface area contributed by atoms with Gasteiger partial charge in [-0.25, -0.2) is 4.79 Å². The van der Waals surface area contributed by atoms with Gasteiger partial charge >= 0.3 is 29.8 Å². The Bertz CT molecular complexity index is 1060. The number of allylic oxidation sites excluding steroid dienone is 2. The van der Waals surface area contributed by atoms with Gasteiger partial charge in [0.2, 0.25) is 0 Å². The third-order valence-electron chi connectivity index (χ3n) is 8.30. The van der Waals surface area contributed by atoms with Crippen molar-refractivity contribution in [3.8, 4) is 0 Å². The van der Waals surface area contributed by atoms with Crippen LogP contribution in [-0.4, -0.2) is 59.4 Å². The second-order valence-electron chi connectivity index (χ2n) is 10.8. The number of cyclic esters (lactones) is 1. The minimum Gasteiger partial charge on any atom is -0.481 e. The molecule has 3 rings (SSSR count). The van der Waals surface area contributed by atoms with Crippen molar-refractivity contribution in [3.63, 3.8) is 0 Å². The zero-order valence-electron chi connectivity index (χ0n) is 21.9. The molecule has 1 heterocycles. The molecule has 0 radical (unpaired) electrons. The van der Waals surface area contributed by atoms with E-state index in [1.54, 1.807) is 12.2 Å². The first-order valence-corrected chi connectivity index (χ1v) is 12.9. The van der Waals surface area contributed by atoms with Crippen LogP contribution < -0.4 is 0 Å². The van der Waals surface area contributed by atoms with Gasteiger partial charge in [0.25, 0.3) is 0 Å². The molecule has 38 heavy (non-hydrogen) atoms. The van der Waals surface area contributed by atoms with Gasteiger partial charge in [0.05, 0.1) is 31.3 Å². The lowest BCUT2D eigenvalue weighted by Gasteiger charge is -2.59. The highest BCUT2D eigenvalue weighted by Crippen LogP contribution is 2.62. The van der Waals surface area contributed by atoms with Crippen molar-refractivity contribution in [1.82, 2.24) is 0 Å². The minimum absolute atomic E-state index is 0.0804. The molecule has 0 aromatic heterocycles. The van der Waals surface area contributed by atoms with Crippen LogP contribution in [0.5, 0.6) is 0 Å². The summed E-state index contributed by atoms with van der Waals surface area (Å²) < 4.78 is 16.4. The fourth-order valence-electron chi connectivity index (χ4n) is 6.30. The Morgan fingerprint density at radius 2 is 1.74 bits per heavy atom. The van der Waals surface area contributed by atoms with E-state index in [9.17, 15) is 24.0 Å². The summed E-state index contributed by atoms with van der Waals surface area (Å²) in [5, 5.41) is 17.8. The number of carbonyl (C=O) groups is 5. The Labute approximate surface area is 221 Å². The van der Waals surface area contributed by atoms with Gasteiger partial charge in [0, 0.05) is 11.3 Å². The molecule has 0 aromatic rings. The summed E-state index contributed by atoms with van der Waals surface area (Å²) in [4.78, 5) is 58.6. The fourth-order valence-corrected chi connectivity index (χ4v) is 6.30.